The summed E-state index contributed by atoms with van der Waals surface area (Å²) in [5, 5.41) is 0. The highest BCUT2D eigenvalue weighted by atomic mass is 19.1. The fourth-order valence-corrected chi connectivity index (χ4v) is 5.28. The average molecular weight is 483 g/mol. The predicted octanol–water partition coefficient (Wildman–Crippen LogP) is 3.83. The maximum atomic E-state index is 14.2. The molecule has 1 unspecified atom stereocenters. The quantitative estimate of drug-likeness (QED) is 0.535. The van der Waals surface area contributed by atoms with Gasteiger partial charge < -0.3 is 14.4 Å². The molecule has 35 heavy (non-hydrogen) atoms. The summed E-state index contributed by atoms with van der Waals surface area (Å²) in [6, 6.07) is 10.9. The number of hydrogen-bond donors (Lipinski definition) is 0. The SMILES string of the molecule is COc1ccc(CN(C)C(=O)CC2(c3cccc(F)c3)CC(=O)N(C3CCCC3)C2=O)cc1OC. The zero-order valence-corrected chi connectivity index (χ0v) is 20.4. The minimum absolute atomic E-state index is 0.137. The lowest BCUT2D eigenvalue weighted by Crippen LogP contribution is -2.45. The summed E-state index contributed by atoms with van der Waals surface area (Å²) < 4.78 is 24.8. The smallest absolute Gasteiger partial charge is 0.241 e. The van der Waals surface area contributed by atoms with E-state index in [1.807, 2.05) is 6.07 Å². The number of carbonyl (C=O) groups is 3. The Morgan fingerprint density at radius 2 is 1.80 bits per heavy atom. The number of halogens is 1. The molecule has 2 fully saturated rings. The second kappa shape index (κ2) is 10.1. The number of imide groups is 1. The van der Waals surface area contributed by atoms with Gasteiger partial charge in [0.05, 0.1) is 19.6 Å². The molecule has 2 aromatic carbocycles. The van der Waals surface area contributed by atoms with Gasteiger partial charge in [-0.3, -0.25) is 19.3 Å². The number of amides is 3. The van der Waals surface area contributed by atoms with Crippen molar-refractivity contribution in [2.45, 2.75) is 56.5 Å². The van der Waals surface area contributed by atoms with Crippen LogP contribution in [0.3, 0.4) is 0 Å². The first kappa shape index (κ1) is 24.7. The minimum Gasteiger partial charge on any atom is -0.493 e. The lowest BCUT2D eigenvalue weighted by atomic mass is 9.75. The summed E-state index contributed by atoms with van der Waals surface area (Å²) in [7, 11) is 4.74. The largest absolute Gasteiger partial charge is 0.493 e. The molecule has 0 N–H and O–H groups in total. The number of methoxy groups -OCH3 is 2. The van der Waals surface area contributed by atoms with Crippen molar-refractivity contribution >= 4 is 17.7 Å². The Morgan fingerprint density at radius 1 is 1.09 bits per heavy atom. The Labute approximate surface area is 204 Å². The van der Waals surface area contributed by atoms with Gasteiger partial charge in [-0.2, -0.15) is 0 Å². The summed E-state index contributed by atoms with van der Waals surface area (Å²) in [4.78, 5) is 43.1. The Bertz CT molecular complexity index is 1130. The second-order valence-electron chi connectivity index (χ2n) is 9.39. The molecule has 1 saturated heterocycles. The lowest BCUT2D eigenvalue weighted by molar-refractivity contribution is -0.144. The monoisotopic (exact) mass is 482 g/mol. The van der Waals surface area contributed by atoms with Crippen molar-refractivity contribution in [3.63, 3.8) is 0 Å². The standard InChI is InChI=1S/C27H31FN2O5/c1-29(17-18-11-12-22(34-2)23(13-18)35-3)24(31)15-27(19-7-6-8-20(28)14-19)16-25(32)30(26(27)33)21-9-4-5-10-21/h6-8,11-14,21H,4-5,9-10,15-17H2,1-3H3. The van der Waals surface area contributed by atoms with Gasteiger partial charge in [-0.15, -0.1) is 0 Å². The maximum absolute atomic E-state index is 14.2. The van der Waals surface area contributed by atoms with Gasteiger partial charge in [0.1, 0.15) is 5.82 Å². The van der Waals surface area contributed by atoms with Crippen molar-refractivity contribution < 1.29 is 28.2 Å². The van der Waals surface area contributed by atoms with E-state index in [4.69, 9.17) is 9.47 Å². The molecule has 1 atom stereocenters. The van der Waals surface area contributed by atoms with Crippen LogP contribution in [0.15, 0.2) is 42.5 Å². The Balaban J connectivity index is 1.61. The van der Waals surface area contributed by atoms with E-state index in [1.165, 1.54) is 35.1 Å². The van der Waals surface area contributed by atoms with Crippen molar-refractivity contribution in [2.24, 2.45) is 0 Å². The fraction of sp³-hybridized carbons (Fsp3) is 0.444. The predicted molar refractivity (Wildman–Crippen MR) is 127 cm³/mol. The number of rotatable bonds is 8. The third-order valence-electron chi connectivity index (χ3n) is 7.16. The van der Waals surface area contributed by atoms with Crippen LogP contribution in [0, 0.1) is 5.82 Å². The van der Waals surface area contributed by atoms with E-state index in [1.54, 1.807) is 32.4 Å². The van der Waals surface area contributed by atoms with Crippen LogP contribution < -0.4 is 9.47 Å². The van der Waals surface area contributed by atoms with Crippen molar-refractivity contribution in [3.05, 3.63) is 59.4 Å². The van der Waals surface area contributed by atoms with Crippen LogP contribution >= 0.6 is 0 Å². The van der Waals surface area contributed by atoms with Crippen LogP contribution in [0.4, 0.5) is 4.39 Å². The molecule has 1 aliphatic heterocycles. The maximum Gasteiger partial charge on any atom is 0.241 e. The van der Waals surface area contributed by atoms with E-state index < -0.39 is 17.1 Å². The van der Waals surface area contributed by atoms with E-state index in [2.05, 4.69) is 0 Å². The number of ether oxygens (including phenoxy) is 2. The van der Waals surface area contributed by atoms with Gasteiger partial charge in [0, 0.05) is 32.5 Å². The highest BCUT2D eigenvalue weighted by Gasteiger charge is 2.55. The van der Waals surface area contributed by atoms with Crippen LogP contribution in [-0.4, -0.2) is 54.8 Å². The molecule has 0 radical (unpaired) electrons. The van der Waals surface area contributed by atoms with E-state index in [0.29, 0.717) is 17.1 Å². The summed E-state index contributed by atoms with van der Waals surface area (Å²) in [5.41, 5.74) is -0.228. The van der Waals surface area contributed by atoms with Gasteiger partial charge in [-0.05, 0) is 48.2 Å². The fourth-order valence-electron chi connectivity index (χ4n) is 5.28. The first-order chi connectivity index (χ1) is 16.8. The van der Waals surface area contributed by atoms with Crippen molar-refractivity contribution in [1.82, 2.24) is 9.80 Å². The molecule has 4 rings (SSSR count). The summed E-state index contributed by atoms with van der Waals surface area (Å²) in [6.07, 6.45) is 3.10. The second-order valence-corrected chi connectivity index (χ2v) is 9.39. The highest BCUT2D eigenvalue weighted by Crippen LogP contribution is 2.43. The molecule has 0 bridgehead atoms. The van der Waals surface area contributed by atoms with Crippen molar-refractivity contribution in [3.8, 4) is 11.5 Å². The molecule has 2 aliphatic rings. The summed E-state index contributed by atoms with van der Waals surface area (Å²) >= 11 is 0. The number of likely N-dealkylation sites (tertiary alicyclic amines) is 1. The zero-order chi connectivity index (χ0) is 25.2. The van der Waals surface area contributed by atoms with Gasteiger partial charge in [0.15, 0.2) is 11.5 Å². The third-order valence-corrected chi connectivity index (χ3v) is 7.16. The van der Waals surface area contributed by atoms with Gasteiger partial charge in [0.25, 0.3) is 0 Å². The molecule has 0 spiro atoms. The number of hydrogen-bond acceptors (Lipinski definition) is 5. The van der Waals surface area contributed by atoms with Crippen LogP contribution in [0.5, 0.6) is 11.5 Å². The van der Waals surface area contributed by atoms with Crippen LogP contribution in [0.1, 0.15) is 49.7 Å². The molecule has 1 heterocycles. The first-order valence-electron chi connectivity index (χ1n) is 11.9. The highest BCUT2D eigenvalue weighted by molar-refractivity contribution is 6.11. The number of nitrogens with zero attached hydrogens (tertiary/aromatic N) is 2. The van der Waals surface area contributed by atoms with E-state index >= 15 is 0 Å². The topological polar surface area (TPSA) is 76.2 Å². The Hall–Kier alpha value is -3.42. The molecule has 3 amide bonds. The Morgan fingerprint density at radius 3 is 2.46 bits per heavy atom. The molecule has 2 aromatic rings. The van der Waals surface area contributed by atoms with Gasteiger partial charge in [0.2, 0.25) is 17.7 Å². The zero-order valence-electron chi connectivity index (χ0n) is 20.4. The number of benzene rings is 2. The van der Waals surface area contributed by atoms with Gasteiger partial charge >= 0.3 is 0 Å². The van der Waals surface area contributed by atoms with E-state index in [9.17, 15) is 18.8 Å². The summed E-state index contributed by atoms with van der Waals surface area (Å²) in [6.45, 7) is 0.271. The molecular formula is C27H31FN2O5. The molecule has 1 aliphatic carbocycles. The Kier molecular flexibility index (Phi) is 7.10. The minimum atomic E-state index is -1.41. The molecule has 1 saturated carbocycles. The van der Waals surface area contributed by atoms with E-state index in [0.717, 1.165) is 31.2 Å². The first-order valence-corrected chi connectivity index (χ1v) is 11.9. The number of carbonyl (C=O) groups excluding carboxylic acids is 3. The molecule has 8 heteroatoms. The average Bonchev–Trinajstić information content (AvgIpc) is 3.45. The van der Waals surface area contributed by atoms with Crippen molar-refractivity contribution in [2.75, 3.05) is 21.3 Å². The summed E-state index contributed by atoms with van der Waals surface area (Å²) in [5.74, 6) is -0.372. The van der Waals surface area contributed by atoms with Crippen LogP contribution in [0.25, 0.3) is 0 Å². The normalized spacial score (nSPS) is 20.4. The molecule has 186 valence electrons. The lowest BCUT2D eigenvalue weighted by Gasteiger charge is -2.30. The van der Waals surface area contributed by atoms with Gasteiger partial charge in [-0.25, -0.2) is 4.39 Å². The molecular weight excluding hydrogens is 451 g/mol. The van der Waals surface area contributed by atoms with Gasteiger partial charge in [-0.1, -0.05) is 31.0 Å². The third kappa shape index (κ3) is 4.74. The van der Waals surface area contributed by atoms with Crippen LogP contribution in [-0.2, 0) is 26.3 Å². The van der Waals surface area contributed by atoms with Crippen LogP contribution in [0.2, 0.25) is 0 Å². The van der Waals surface area contributed by atoms with Crippen molar-refractivity contribution in [1.29, 1.82) is 0 Å². The molecule has 0 aromatic heterocycles. The van der Waals surface area contributed by atoms with E-state index in [-0.39, 0.29) is 37.2 Å². The molecule has 7 nitrogen and oxygen atoms in total.